The summed E-state index contributed by atoms with van der Waals surface area (Å²) in [5, 5.41) is 13.1. The number of benzene rings is 1. The quantitative estimate of drug-likeness (QED) is 0.689. The fraction of sp³-hybridized carbons (Fsp3) is 0.238. The Balaban J connectivity index is 0.00000280. The van der Waals surface area contributed by atoms with E-state index in [1.807, 2.05) is 45.0 Å². The van der Waals surface area contributed by atoms with E-state index in [9.17, 15) is 4.79 Å². The van der Waals surface area contributed by atoms with Crippen molar-refractivity contribution in [1.29, 1.82) is 5.26 Å². The zero-order valence-electron chi connectivity index (χ0n) is 16.1. The average Bonchev–Trinajstić information content (AvgIpc) is 2.69. The Hall–Kier alpha value is -3.17. The van der Waals surface area contributed by atoms with Crippen molar-refractivity contribution in [1.82, 2.24) is 14.9 Å². The number of rotatable bonds is 5. The molecule has 144 valence electrons. The highest BCUT2D eigenvalue weighted by atomic mass is 35.5. The Kier molecular flexibility index (Phi) is 6.91. The third-order valence-corrected chi connectivity index (χ3v) is 4.43. The minimum Gasteiger partial charge on any atom is -0.354 e. The molecular weight excluding hydrogens is 374 g/mol. The highest BCUT2D eigenvalue weighted by molar-refractivity contribution is 6.07. The fourth-order valence-corrected chi connectivity index (χ4v) is 2.92. The Bertz CT molecular complexity index is 1020. The number of nitrogens with one attached hydrogen (secondary N) is 1. The van der Waals surface area contributed by atoms with Crippen molar-refractivity contribution in [3.63, 3.8) is 0 Å². The number of hydrogen-bond donors (Lipinski definition) is 1. The lowest BCUT2D eigenvalue weighted by Gasteiger charge is -2.21. The summed E-state index contributed by atoms with van der Waals surface area (Å²) >= 11 is 0. The molecule has 0 atom stereocenters. The minimum atomic E-state index is -0.0777. The molecule has 28 heavy (non-hydrogen) atoms. The summed E-state index contributed by atoms with van der Waals surface area (Å²) in [5.41, 5.74) is 3.99. The number of carbonyl (C=O) groups excluding carboxylic acids is 1. The molecule has 1 aromatic carbocycles. The molecule has 0 saturated heterocycles. The standard InChI is InChI=1S/C21H21N5O.ClH/c1-4-26(5-2)21(27)18-13-23-20-17(11-6-14(3)24-20)19(18)25-16-9-7-15(12-22)8-10-16;/h6-11,13H,4-5H2,1-3H3,(H,23,24,25);1H. The number of pyridine rings is 2. The molecule has 0 fully saturated rings. The fourth-order valence-electron chi connectivity index (χ4n) is 2.92. The monoisotopic (exact) mass is 395 g/mol. The van der Waals surface area contributed by atoms with Gasteiger partial charge in [0.15, 0.2) is 5.65 Å². The van der Waals surface area contributed by atoms with Crippen molar-refractivity contribution in [3.05, 3.63) is 59.4 Å². The molecule has 2 heterocycles. The molecular formula is C21H22ClN5O. The second kappa shape index (κ2) is 9.16. The molecule has 0 unspecified atom stereocenters. The van der Waals surface area contributed by atoms with Gasteiger partial charge in [-0.15, -0.1) is 12.4 Å². The second-order valence-electron chi connectivity index (χ2n) is 6.16. The van der Waals surface area contributed by atoms with Crippen LogP contribution < -0.4 is 5.32 Å². The first kappa shape index (κ1) is 21.1. The largest absolute Gasteiger partial charge is 0.354 e. The van der Waals surface area contributed by atoms with E-state index in [0.717, 1.165) is 16.8 Å². The normalized spacial score (nSPS) is 10.1. The number of nitriles is 1. The zero-order chi connectivity index (χ0) is 19.4. The number of aromatic nitrogens is 2. The number of amides is 1. The molecule has 0 spiro atoms. The van der Waals surface area contributed by atoms with E-state index in [-0.39, 0.29) is 18.3 Å². The smallest absolute Gasteiger partial charge is 0.257 e. The summed E-state index contributed by atoms with van der Waals surface area (Å²) < 4.78 is 0. The van der Waals surface area contributed by atoms with Crippen LogP contribution in [0.5, 0.6) is 0 Å². The van der Waals surface area contributed by atoms with Gasteiger partial charge in [-0.3, -0.25) is 4.79 Å². The molecule has 0 aliphatic rings. The average molecular weight is 396 g/mol. The number of aryl methyl sites for hydroxylation is 1. The van der Waals surface area contributed by atoms with Gasteiger partial charge in [-0.2, -0.15) is 5.26 Å². The van der Waals surface area contributed by atoms with Crippen molar-refractivity contribution in [2.24, 2.45) is 0 Å². The SMILES string of the molecule is CCN(CC)C(=O)c1cnc2nc(C)ccc2c1Nc1ccc(C#N)cc1.Cl. The molecule has 0 saturated carbocycles. The summed E-state index contributed by atoms with van der Waals surface area (Å²) in [7, 11) is 0. The Morgan fingerprint density at radius 1 is 1.14 bits per heavy atom. The van der Waals surface area contributed by atoms with Crippen LogP contribution in [0.1, 0.15) is 35.5 Å². The lowest BCUT2D eigenvalue weighted by atomic mass is 10.1. The first-order valence-electron chi connectivity index (χ1n) is 8.90. The van der Waals surface area contributed by atoms with Crippen molar-refractivity contribution < 1.29 is 4.79 Å². The first-order valence-corrected chi connectivity index (χ1v) is 8.90. The van der Waals surface area contributed by atoms with Gasteiger partial charge in [0, 0.05) is 36.1 Å². The van der Waals surface area contributed by atoms with Crippen LogP contribution in [-0.4, -0.2) is 33.9 Å². The number of anilines is 2. The molecule has 0 radical (unpaired) electrons. The van der Waals surface area contributed by atoms with Gasteiger partial charge in [0.2, 0.25) is 0 Å². The minimum absolute atomic E-state index is 0. The van der Waals surface area contributed by atoms with Crippen LogP contribution >= 0.6 is 12.4 Å². The van der Waals surface area contributed by atoms with Gasteiger partial charge >= 0.3 is 0 Å². The van der Waals surface area contributed by atoms with Gasteiger partial charge in [-0.25, -0.2) is 9.97 Å². The van der Waals surface area contributed by atoms with Crippen molar-refractivity contribution in [3.8, 4) is 6.07 Å². The maximum atomic E-state index is 13.0. The van der Waals surface area contributed by atoms with Gasteiger partial charge in [-0.05, 0) is 57.2 Å². The van der Waals surface area contributed by atoms with E-state index in [2.05, 4.69) is 21.4 Å². The topological polar surface area (TPSA) is 81.9 Å². The van der Waals surface area contributed by atoms with Gasteiger partial charge < -0.3 is 10.2 Å². The number of carbonyl (C=O) groups is 1. The first-order chi connectivity index (χ1) is 13.1. The summed E-state index contributed by atoms with van der Waals surface area (Å²) in [4.78, 5) is 23.6. The van der Waals surface area contributed by atoms with Crippen molar-refractivity contribution >= 4 is 40.7 Å². The summed E-state index contributed by atoms with van der Waals surface area (Å²) in [6.07, 6.45) is 1.58. The van der Waals surface area contributed by atoms with Crippen LogP contribution in [0.15, 0.2) is 42.6 Å². The molecule has 7 heteroatoms. The number of fused-ring (bicyclic) bond motifs is 1. The molecule has 0 bridgehead atoms. The Morgan fingerprint density at radius 3 is 2.43 bits per heavy atom. The Labute approximate surface area is 170 Å². The molecule has 3 aromatic rings. The third-order valence-electron chi connectivity index (χ3n) is 4.43. The lowest BCUT2D eigenvalue weighted by molar-refractivity contribution is 0.0774. The van der Waals surface area contributed by atoms with Gasteiger partial charge in [0.1, 0.15) is 0 Å². The highest BCUT2D eigenvalue weighted by Crippen LogP contribution is 2.29. The van der Waals surface area contributed by atoms with E-state index in [4.69, 9.17) is 5.26 Å². The molecule has 1 amide bonds. The van der Waals surface area contributed by atoms with E-state index in [0.29, 0.717) is 35.6 Å². The molecule has 0 aliphatic heterocycles. The lowest BCUT2D eigenvalue weighted by Crippen LogP contribution is -2.31. The van der Waals surface area contributed by atoms with E-state index < -0.39 is 0 Å². The molecule has 1 N–H and O–H groups in total. The van der Waals surface area contributed by atoms with Gasteiger partial charge in [0.25, 0.3) is 5.91 Å². The van der Waals surface area contributed by atoms with Crippen molar-refractivity contribution in [2.45, 2.75) is 20.8 Å². The second-order valence-corrected chi connectivity index (χ2v) is 6.16. The van der Waals surface area contributed by atoms with Crippen LogP contribution in [0.25, 0.3) is 11.0 Å². The van der Waals surface area contributed by atoms with E-state index in [1.165, 1.54) is 0 Å². The predicted octanol–water partition coefficient (Wildman–Crippen LogP) is 4.46. The summed E-state index contributed by atoms with van der Waals surface area (Å²) in [5.74, 6) is -0.0777. The maximum Gasteiger partial charge on any atom is 0.257 e. The van der Waals surface area contributed by atoms with E-state index >= 15 is 0 Å². The van der Waals surface area contributed by atoms with Gasteiger partial charge in [-0.1, -0.05) is 0 Å². The Morgan fingerprint density at radius 2 is 1.82 bits per heavy atom. The molecule has 6 nitrogen and oxygen atoms in total. The third kappa shape index (κ3) is 4.21. The zero-order valence-corrected chi connectivity index (χ0v) is 16.9. The molecule has 3 rings (SSSR count). The number of hydrogen-bond acceptors (Lipinski definition) is 5. The summed E-state index contributed by atoms with van der Waals surface area (Å²) in [6.45, 7) is 7.05. The van der Waals surface area contributed by atoms with Crippen LogP contribution in [0.2, 0.25) is 0 Å². The summed E-state index contributed by atoms with van der Waals surface area (Å²) in [6, 6.07) is 13.0. The predicted molar refractivity (Wildman–Crippen MR) is 113 cm³/mol. The van der Waals surface area contributed by atoms with Crippen LogP contribution in [0, 0.1) is 18.3 Å². The van der Waals surface area contributed by atoms with Crippen LogP contribution in [0.4, 0.5) is 11.4 Å². The van der Waals surface area contributed by atoms with Crippen molar-refractivity contribution in [2.75, 3.05) is 18.4 Å². The van der Waals surface area contributed by atoms with E-state index in [1.54, 1.807) is 23.2 Å². The number of nitrogens with zero attached hydrogens (tertiary/aromatic N) is 4. The number of halogens is 1. The van der Waals surface area contributed by atoms with Crippen LogP contribution in [0.3, 0.4) is 0 Å². The molecule has 2 aromatic heterocycles. The molecule has 0 aliphatic carbocycles. The van der Waals surface area contributed by atoms with Gasteiger partial charge in [0.05, 0.1) is 22.9 Å². The highest BCUT2D eigenvalue weighted by Gasteiger charge is 2.20. The maximum absolute atomic E-state index is 13.0. The van der Waals surface area contributed by atoms with Crippen LogP contribution in [-0.2, 0) is 0 Å².